The highest BCUT2D eigenvalue weighted by molar-refractivity contribution is 5.75. The Morgan fingerprint density at radius 2 is 2.04 bits per heavy atom. The highest BCUT2D eigenvalue weighted by Crippen LogP contribution is 2.36. The maximum absolute atomic E-state index is 14.6. The summed E-state index contributed by atoms with van der Waals surface area (Å²) in [5.74, 6) is 1.32. The molecular formula is C19H27FN4O. The molecule has 0 spiro atoms. The van der Waals surface area contributed by atoms with Crippen molar-refractivity contribution in [1.82, 2.24) is 4.90 Å². The first kappa shape index (κ1) is 17.7. The molecule has 1 amide bonds. The number of aliphatic imine (C=N–C) groups is 1. The van der Waals surface area contributed by atoms with Crippen LogP contribution >= 0.6 is 0 Å². The molecule has 0 bridgehead atoms. The second-order valence-electron chi connectivity index (χ2n) is 6.98. The molecule has 2 aliphatic rings. The van der Waals surface area contributed by atoms with E-state index in [1.165, 1.54) is 6.34 Å². The maximum atomic E-state index is 14.6. The number of likely N-dealkylation sites (tertiary alicyclic amines) is 1. The van der Waals surface area contributed by atoms with Crippen LogP contribution in [0.2, 0.25) is 0 Å². The van der Waals surface area contributed by atoms with Crippen molar-refractivity contribution >= 4 is 17.9 Å². The van der Waals surface area contributed by atoms with E-state index in [2.05, 4.69) is 9.89 Å². The smallest absolute Gasteiger partial charge is 0.222 e. The van der Waals surface area contributed by atoms with E-state index in [-0.39, 0.29) is 18.3 Å². The molecule has 25 heavy (non-hydrogen) atoms. The number of nitrogens with two attached hydrogens (primary N) is 1. The van der Waals surface area contributed by atoms with Gasteiger partial charge in [0.25, 0.3) is 0 Å². The van der Waals surface area contributed by atoms with Crippen LogP contribution in [0.15, 0.2) is 23.2 Å². The number of piperidine rings is 1. The molecule has 0 radical (unpaired) electrons. The van der Waals surface area contributed by atoms with Gasteiger partial charge in [-0.3, -0.25) is 9.79 Å². The predicted octanol–water partition coefficient (Wildman–Crippen LogP) is 2.40. The van der Waals surface area contributed by atoms with E-state index in [9.17, 15) is 9.18 Å². The van der Waals surface area contributed by atoms with Gasteiger partial charge in [-0.1, -0.05) is 19.1 Å². The van der Waals surface area contributed by atoms with Gasteiger partial charge in [-0.25, -0.2) is 4.39 Å². The highest BCUT2D eigenvalue weighted by Gasteiger charge is 2.36. The van der Waals surface area contributed by atoms with Crippen molar-refractivity contribution in [2.45, 2.75) is 32.7 Å². The molecule has 1 aromatic carbocycles. The molecule has 136 valence electrons. The molecule has 0 atom stereocenters. The van der Waals surface area contributed by atoms with Gasteiger partial charge in [0.15, 0.2) is 5.82 Å². The minimum atomic E-state index is -0.185. The highest BCUT2D eigenvalue weighted by atomic mass is 19.1. The summed E-state index contributed by atoms with van der Waals surface area (Å²) in [6, 6.07) is 5.47. The number of carbonyl (C=O) groups is 1. The van der Waals surface area contributed by atoms with Gasteiger partial charge in [0, 0.05) is 38.2 Å². The summed E-state index contributed by atoms with van der Waals surface area (Å²) >= 11 is 0. The van der Waals surface area contributed by atoms with Gasteiger partial charge >= 0.3 is 0 Å². The summed E-state index contributed by atoms with van der Waals surface area (Å²) in [7, 11) is 0. The van der Waals surface area contributed by atoms with Crippen LogP contribution in [0.25, 0.3) is 0 Å². The molecule has 0 aliphatic carbocycles. The minimum absolute atomic E-state index is 0.185. The van der Waals surface area contributed by atoms with Crippen LogP contribution in [0.5, 0.6) is 0 Å². The molecule has 0 saturated carbocycles. The van der Waals surface area contributed by atoms with Gasteiger partial charge < -0.3 is 15.5 Å². The average molecular weight is 346 g/mol. The minimum Gasteiger partial charge on any atom is -0.390 e. The first-order valence-corrected chi connectivity index (χ1v) is 9.14. The van der Waals surface area contributed by atoms with Crippen molar-refractivity contribution in [2.75, 3.05) is 31.1 Å². The van der Waals surface area contributed by atoms with E-state index in [1.54, 1.807) is 6.07 Å². The molecular weight excluding hydrogens is 319 g/mol. The fraction of sp³-hybridized carbons (Fsp3) is 0.579. The fourth-order valence-corrected chi connectivity index (χ4v) is 3.94. The average Bonchev–Trinajstić information content (AvgIpc) is 2.60. The Morgan fingerprint density at radius 1 is 1.32 bits per heavy atom. The molecule has 2 aliphatic heterocycles. The van der Waals surface area contributed by atoms with Gasteiger partial charge in [-0.05, 0) is 30.7 Å². The Morgan fingerprint density at radius 3 is 2.68 bits per heavy atom. The first-order chi connectivity index (χ1) is 12.1. The Balaban J connectivity index is 1.54. The third kappa shape index (κ3) is 3.78. The molecule has 0 unspecified atom stereocenters. The summed E-state index contributed by atoms with van der Waals surface area (Å²) in [5, 5.41) is 0. The van der Waals surface area contributed by atoms with Crippen LogP contribution in [-0.4, -0.2) is 43.3 Å². The first-order valence-electron chi connectivity index (χ1n) is 9.14. The number of amides is 1. The fourth-order valence-electron chi connectivity index (χ4n) is 3.94. The zero-order valence-electron chi connectivity index (χ0n) is 14.8. The third-order valence-electron chi connectivity index (χ3n) is 5.54. The molecule has 2 saturated heterocycles. The van der Waals surface area contributed by atoms with Crippen molar-refractivity contribution in [3.63, 3.8) is 0 Å². The standard InChI is InChI=1S/C19H27FN4O/c1-2-18(25)23-8-6-14(7-9-23)16-11-24(12-16)17-5-3-4-15(19(17)20)10-22-13-21/h3-5,13-14,16H,2,6-12H2,1H3,(H2,21,22). The van der Waals surface area contributed by atoms with Gasteiger partial charge in [-0.2, -0.15) is 0 Å². The number of anilines is 1. The van der Waals surface area contributed by atoms with Crippen molar-refractivity contribution < 1.29 is 9.18 Å². The number of nitrogens with zero attached hydrogens (tertiary/aromatic N) is 3. The summed E-state index contributed by atoms with van der Waals surface area (Å²) in [5.41, 5.74) is 6.49. The van der Waals surface area contributed by atoms with Crippen molar-refractivity contribution in [3.05, 3.63) is 29.6 Å². The second-order valence-corrected chi connectivity index (χ2v) is 6.98. The van der Waals surface area contributed by atoms with Gasteiger partial charge in [-0.15, -0.1) is 0 Å². The molecule has 6 heteroatoms. The molecule has 3 rings (SSSR count). The lowest BCUT2D eigenvalue weighted by atomic mass is 9.79. The van der Waals surface area contributed by atoms with Crippen LogP contribution in [0, 0.1) is 17.7 Å². The van der Waals surface area contributed by atoms with E-state index in [0.29, 0.717) is 29.5 Å². The van der Waals surface area contributed by atoms with E-state index in [4.69, 9.17) is 5.73 Å². The molecule has 5 nitrogen and oxygen atoms in total. The lowest BCUT2D eigenvalue weighted by Gasteiger charge is -2.47. The van der Waals surface area contributed by atoms with Crippen LogP contribution in [0.1, 0.15) is 31.7 Å². The van der Waals surface area contributed by atoms with Crippen LogP contribution in [-0.2, 0) is 11.3 Å². The molecule has 1 aromatic rings. The SMILES string of the molecule is CCC(=O)N1CCC(C2CN(c3cccc(CN=CN)c3F)C2)CC1. The Bertz CT molecular complexity index is 634. The topological polar surface area (TPSA) is 61.9 Å². The summed E-state index contributed by atoms with van der Waals surface area (Å²) in [4.78, 5) is 19.8. The lowest BCUT2D eigenvalue weighted by molar-refractivity contribution is -0.132. The number of hydrogen-bond acceptors (Lipinski definition) is 3. The normalized spacial score (nSPS) is 19.4. The summed E-state index contributed by atoms with van der Waals surface area (Å²) in [6.45, 7) is 5.72. The van der Waals surface area contributed by atoms with Crippen molar-refractivity contribution in [3.8, 4) is 0 Å². The number of halogens is 1. The van der Waals surface area contributed by atoms with E-state index in [0.717, 1.165) is 39.0 Å². The molecule has 0 aromatic heterocycles. The van der Waals surface area contributed by atoms with Crippen LogP contribution in [0.4, 0.5) is 10.1 Å². The zero-order chi connectivity index (χ0) is 17.8. The summed E-state index contributed by atoms with van der Waals surface area (Å²) < 4.78 is 14.6. The van der Waals surface area contributed by atoms with E-state index in [1.807, 2.05) is 24.0 Å². The maximum Gasteiger partial charge on any atom is 0.222 e. The van der Waals surface area contributed by atoms with E-state index < -0.39 is 0 Å². The Hall–Kier alpha value is -2.11. The molecule has 2 N–H and O–H groups in total. The Kier molecular flexibility index (Phi) is 5.56. The third-order valence-corrected chi connectivity index (χ3v) is 5.54. The quantitative estimate of drug-likeness (QED) is 0.658. The Labute approximate surface area is 148 Å². The number of carbonyl (C=O) groups excluding carboxylic acids is 1. The zero-order valence-corrected chi connectivity index (χ0v) is 14.8. The largest absolute Gasteiger partial charge is 0.390 e. The van der Waals surface area contributed by atoms with Crippen molar-refractivity contribution in [2.24, 2.45) is 22.6 Å². The van der Waals surface area contributed by atoms with Gasteiger partial charge in [0.05, 0.1) is 18.6 Å². The van der Waals surface area contributed by atoms with Crippen LogP contribution in [0.3, 0.4) is 0 Å². The number of rotatable bonds is 5. The van der Waals surface area contributed by atoms with E-state index >= 15 is 0 Å². The predicted molar refractivity (Wildman–Crippen MR) is 98.1 cm³/mol. The number of hydrogen-bond donors (Lipinski definition) is 1. The molecule has 2 heterocycles. The van der Waals surface area contributed by atoms with Gasteiger partial charge in [0.1, 0.15) is 0 Å². The molecule has 2 fully saturated rings. The monoisotopic (exact) mass is 346 g/mol. The van der Waals surface area contributed by atoms with Gasteiger partial charge in [0.2, 0.25) is 5.91 Å². The number of benzene rings is 1. The summed E-state index contributed by atoms with van der Waals surface area (Å²) in [6.07, 6.45) is 3.93. The lowest BCUT2D eigenvalue weighted by Crippen LogP contribution is -2.53. The van der Waals surface area contributed by atoms with Crippen LogP contribution < -0.4 is 10.6 Å². The van der Waals surface area contributed by atoms with Crippen molar-refractivity contribution in [1.29, 1.82) is 0 Å². The second kappa shape index (κ2) is 7.85.